The molecule has 0 atom stereocenters. The van der Waals surface area contributed by atoms with Gasteiger partial charge in [-0.05, 0) is 55.3 Å². The third-order valence-corrected chi connectivity index (χ3v) is 3.60. The van der Waals surface area contributed by atoms with E-state index >= 15 is 0 Å². The lowest BCUT2D eigenvalue weighted by molar-refractivity contribution is -0.118. The number of aromatic nitrogens is 2. The molecule has 116 valence electrons. The van der Waals surface area contributed by atoms with Crippen molar-refractivity contribution in [3.05, 3.63) is 59.9 Å². The van der Waals surface area contributed by atoms with Gasteiger partial charge in [-0.3, -0.25) is 14.8 Å². The number of aryl methyl sites for hydroxylation is 2. The summed E-state index contributed by atoms with van der Waals surface area (Å²) in [6.07, 6.45) is 3.26. The van der Waals surface area contributed by atoms with E-state index in [-0.39, 0.29) is 12.5 Å². The van der Waals surface area contributed by atoms with Crippen LogP contribution >= 0.6 is 0 Å². The van der Waals surface area contributed by atoms with Gasteiger partial charge in [-0.25, -0.2) is 0 Å². The Kier molecular flexibility index (Phi) is 4.19. The topological polar surface area (TPSA) is 64.1 Å². The lowest BCUT2D eigenvalue weighted by Crippen LogP contribution is -2.20. The Hall–Kier alpha value is -2.95. The number of benzene rings is 2. The molecule has 0 saturated heterocycles. The Morgan fingerprint density at radius 2 is 1.78 bits per heavy atom. The Labute approximate surface area is 134 Å². The van der Waals surface area contributed by atoms with Crippen molar-refractivity contribution in [3.63, 3.8) is 0 Å². The summed E-state index contributed by atoms with van der Waals surface area (Å²) in [7, 11) is 0. The SMILES string of the molecule is Cc1ccc(OCC(=O)Nc2ccc3nccnc3c2)cc1C. The molecule has 1 N–H and O–H groups in total. The number of rotatable bonds is 4. The summed E-state index contributed by atoms with van der Waals surface area (Å²) in [5.41, 5.74) is 4.53. The van der Waals surface area contributed by atoms with Gasteiger partial charge in [0.1, 0.15) is 5.75 Å². The number of hydrogen-bond acceptors (Lipinski definition) is 4. The maximum Gasteiger partial charge on any atom is 0.262 e. The molecule has 0 saturated carbocycles. The number of amides is 1. The number of nitrogens with zero attached hydrogens (tertiary/aromatic N) is 2. The second-order valence-corrected chi connectivity index (χ2v) is 5.34. The van der Waals surface area contributed by atoms with Gasteiger partial charge >= 0.3 is 0 Å². The highest BCUT2D eigenvalue weighted by Crippen LogP contribution is 2.17. The smallest absolute Gasteiger partial charge is 0.262 e. The zero-order chi connectivity index (χ0) is 16.2. The summed E-state index contributed by atoms with van der Waals surface area (Å²) in [4.78, 5) is 20.4. The van der Waals surface area contributed by atoms with Gasteiger partial charge in [0.25, 0.3) is 5.91 Å². The number of carbonyl (C=O) groups is 1. The molecular formula is C18H17N3O2. The first-order valence-corrected chi connectivity index (χ1v) is 7.32. The van der Waals surface area contributed by atoms with E-state index in [1.54, 1.807) is 24.5 Å². The summed E-state index contributed by atoms with van der Waals surface area (Å²) in [6.45, 7) is 4.01. The van der Waals surface area contributed by atoms with Crippen molar-refractivity contribution in [3.8, 4) is 5.75 Å². The molecule has 5 heteroatoms. The van der Waals surface area contributed by atoms with Crippen LogP contribution in [0.4, 0.5) is 5.69 Å². The molecule has 2 aromatic carbocycles. The summed E-state index contributed by atoms with van der Waals surface area (Å²) >= 11 is 0. The third-order valence-electron chi connectivity index (χ3n) is 3.60. The van der Waals surface area contributed by atoms with Gasteiger partial charge in [-0.15, -0.1) is 0 Å². The molecule has 0 aliphatic carbocycles. The fourth-order valence-electron chi connectivity index (χ4n) is 2.19. The lowest BCUT2D eigenvalue weighted by Gasteiger charge is -2.09. The third kappa shape index (κ3) is 3.63. The quantitative estimate of drug-likeness (QED) is 0.803. The van der Waals surface area contributed by atoms with Crippen LogP contribution in [0.25, 0.3) is 11.0 Å². The zero-order valence-electron chi connectivity index (χ0n) is 13.0. The highest BCUT2D eigenvalue weighted by atomic mass is 16.5. The first-order valence-electron chi connectivity index (χ1n) is 7.32. The van der Waals surface area contributed by atoms with Crippen LogP contribution in [-0.2, 0) is 4.79 Å². The molecule has 1 amide bonds. The van der Waals surface area contributed by atoms with Crippen LogP contribution < -0.4 is 10.1 Å². The molecule has 0 spiro atoms. The normalized spacial score (nSPS) is 10.5. The second kappa shape index (κ2) is 6.44. The van der Waals surface area contributed by atoms with E-state index in [0.29, 0.717) is 11.4 Å². The minimum atomic E-state index is -0.216. The predicted octanol–water partition coefficient (Wildman–Crippen LogP) is 3.26. The van der Waals surface area contributed by atoms with E-state index in [2.05, 4.69) is 15.3 Å². The summed E-state index contributed by atoms with van der Waals surface area (Å²) in [5.74, 6) is 0.471. The van der Waals surface area contributed by atoms with E-state index in [9.17, 15) is 4.79 Å². The van der Waals surface area contributed by atoms with Crippen molar-refractivity contribution in [1.82, 2.24) is 9.97 Å². The molecule has 0 bridgehead atoms. The summed E-state index contributed by atoms with van der Waals surface area (Å²) < 4.78 is 5.52. The molecular weight excluding hydrogens is 290 g/mol. The molecule has 1 heterocycles. The maximum atomic E-state index is 12.0. The number of anilines is 1. The van der Waals surface area contributed by atoms with E-state index in [0.717, 1.165) is 16.6 Å². The average molecular weight is 307 g/mol. The largest absolute Gasteiger partial charge is 0.484 e. The monoisotopic (exact) mass is 307 g/mol. The van der Waals surface area contributed by atoms with Crippen molar-refractivity contribution < 1.29 is 9.53 Å². The second-order valence-electron chi connectivity index (χ2n) is 5.34. The molecule has 0 radical (unpaired) electrons. The molecule has 23 heavy (non-hydrogen) atoms. The molecule has 5 nitrogen and oxygen atoms in total. The first kappa shape index (κ1) is 15.0. The standard InChI is InChI=1S/C18H17N3O2/c1-12-3-5-15(9-13(12)2)23-11-18(22)21-14-4-6-16-17(10-14)20-8-7-19-16/h3-10H,11H2,1-2H3,(H,21,22). The van der Waals surface area contributed by atoms with Crippen LogP contribution in [0.5, 0.6) is 5.75 Å². The average Bonchev–Trinajstić information content (AvgIpc) is 2.56. The Bertz CT molecular complexity index is 862. The van der Waals surface area contributed by atoms with E-state index in [1.165, 1.54) is 5.56 Å². The number of fused-ring (bicyclic) bond motifs is 1. The fourth-order valence-corrected chi connectivity index (χ4v) is 2.19. The number of ether oxygens (including phenoxy) is 1. The van der Waals surface area contributed by atoms with E-state index < -0.39 is 0 Å². The van der Waals surface area contributed by atoms with Crippen LogP contribution in [0.3, 0.4) is 0 Å². The highest BCUT2D eigenvalue weighted by Gasteiger charge is 2.06. The number of hydrogen-bond donors (Lipinski definition) is 1. The van der Waals surface area contributed by atoms with Gasteiger partial charge in [0.15, 0.2) is 6.61 Å². The van der Waals surface area contributed by atoms with Crippen molar-refractivity contribution in [1.29, 1.82) is 0 Å². The van der Waals surface area contributed by atoms with Gasteiger partial charge in [-0.2, -0.15) is 0 Å². The van der Waals surface area contributed by atoms with Crippen molar-refractivity contribution >= 4 is 22.6 Å². The van der Waals surface area contributed by atoms with Gasteiger partial charge in [-0.1, -0.05) is 6.07 Å². The molecule has 0 aliphatic rings. The fraction of sp³-hybridized carbons (Fsp3) is 0.167. The van der Waals surface area contributed by atoms with Gasteiger partial charge in [0, 0.05) is 18.1 Å². The van der Waals surface area contributed by atoms with Gasteiger partial charge < -0.3 is 10.1 Å². The Morgan fingerprint density at radius 3 is 2.57 bits per heavy atom. The summed E-state index contributed by atoms with van der Waals surface area (Å²) in [6, 6.07) is 11.2. The molecule has 0 fully saturated rings. The Balaban J connectivity index is 1.62. The van der Waals surface area contributed by atoms with Crippen molar-refractivity contribution in [2.45, 2.75) is 13.8 Å². The maximum absolute atomic E-state index is 12.0. The molecule has 3 aromatic rings. The minimum absolute atomic E-state index is 0.0407. The summed E-state index contributed by atoms with van der Waals surface area (Å²) in [5, 5.41) is 2.80. The van der Waals surface area contributed by atoms with Crippen molar-refractivity contribution in [2.75, 3.05) is 11.9 Å². The molecule has 0 unspecified atom stereocenters. The van der Waals surface area contributed by atoms with Crippen LogP contribution in [0.1, 0.15) is 11.1 Å². The Morgan fingerprint density at radius 1 is 1.00 bits per heavy atom. The molecule has 3 rings (SSSR count). The van der Waals surface area contributed by atoms with Crippen LogP contribution in [0, 0.1) is 13.8 Å². The van der Waals surface area contributed by atoms with Crippen LogP contribution in [-0.4, -0.2) is 22.5 Å². The van der Waals surface area contributed by atoms with Gasteiger partial charge in [0.05, 0.1) is 11.0 Å². The van der Waals surface area contributed by atoms with E-state index in [1.807, 2.05) is 38.1 Å². The molecule has 1 aromatic heterocycles. The number of carbonyl (C=O) groups excluding carboxylic acids is 1. The van der Waals surface area contributed by atoms with E-state index in [4.69, 9.17) is 4.74 Å². The van der Waals surface area contributed by atoms with Crippen LogP contribution in [0.2, 0.25) is 0 Å². The predicted molar refractivity (Wildman–Crippen MR) is 89.6 cm³/mol. The lowest BCUT2D eigenvalue weighted by atomic mass is 10.1. The number of nitrogens with one attached hydrogen (secondary N) is 1. The van der Waals surface area contributed by atoms with Crippen LogP contribution in [0.15, 0.2) is 48.8 Å². The minimum Gasteiger partial charge on any atom is -0.484 e. The van der Waals surface area contributed by atoms with Gasteiger partial charge in [0.2, 0.25) is 0 Å². The first-order chi connectivity index (χ1) is 11.1. The molecule has 0 aliphatic heterocycles. The van der Waals surface area contributed by atoms with Crippen molar-refractivity contribution in [2.24, 2.45) is 0 Å². The highest BCUT2D eigenvalue weighted by molar-refractivity contribution is 5.93. The zero-order valence-corrected chi connectivity index (χ0v) is 13.0.